The second-order valence-corrected chi connectivity index (χ2v) is 5.49. The standard InChI is InChI=1S/C16H22ClFN2/c1-3-5-8-12(7-4-2)20-14-10-6-9-13(18)16(14)19-15(20)11-17/h6,9-10,12H,3-5,7-8,11H2,1-2H3. The van der Waals surface area contributed by atoms with Gasteiger partial charge in [-0.05, 0) is 25.0 Å². The molecule has 1 aromatic heterocycles. The summed E-state index contributed by atoms with van der Waals surface area (Å²) in [7, 11) is 0. The maximum Gasteiger partial charge on any atom is 0.151 e. The Balaban J connectivity index is 2.51. The number of nitrogens with zero attached hydrogens (tertiary/aromatic N) is 2. The third kappa shape index (κ3) is 2.98. The van der Waals surface area contributed by atoms with E-state index in [2.05, 4.69) is 23.4 Å². The van der Waals surface area contributed by atoms with Crippen LogP contribution in [0.1, 0.15) is 57.8 Å². The van der Waals surface area contributed by atoms with E-state index in [1.165, 1.54) is 12.5 Å². The molecule has 2 rings (SSSR count). The van der Waals surface area contributed by atoms with E-state index in [4.69, 9.17) is 11.6 Å². The summed E-state index contributed by atoms with van der Waals surface area (Å²) in [6.45, 7) is 4.37. The monoisotopic (exact) mass is 296 g/mol. The largest absolute Gasteiger partial charge is 0.324 e. The first-order valence-corrected chi connectivity index (χ1v) is 7.97. The number of alkyl halides is 1. The molecule has 1 atom stereocenters. The van der Waals surface area contributed by atoms with E-state index in [0.717, 1.165) is 37.0 Å². The molecule has 0 amide bonds. The molecule has 0 bridgehead atoms. The van der Waals surface area contributed by atoms with Gasteiger partial charge in [-0.1, -0.05) is 39.2 Å². The molecule has 0 radical (unpaired) electrons. The molecule has 0 aliphatic rings. The number of para-hydroxylation sites is 1. The molecule has 0 saturated heterocycles. The minimum absolute atomic E-state index is 0.265. The molecular formula is C16H22ClFN2. The van der Waals surface area contributed by atoms with Gasteiger partial charge < -0.3 is 4.57 Å². The highest BCUT2D eigenvalue weighted by atomic mass is 35.5. The lowest BCUT2D eigenvalue weighted by atomic mass is 10.0. The molecule has 0 fully saturated rings. The van der Waals surface area contributed by atoms with Crippen LogP contribution in [0.4, 0.5) is 4.39 Å². The van der Waals surface area contributed by atoms with E-state index in [9.17, 15) is 4.39 Å². The highest BCUT2D eigenvalue weighted by Crippen LogP contribution is 2.29. The zero-order valence-corrected chi connectivity index (χ0v) is 13.0. The van der Waals surface area contributed by atoms with Crippen molar-refractivity contribution in [2.75, 3.05) is 0 Å². The van der Waals surface area contributed by atoms with Crippen LogP contribution in [-0.2, 0) is 5.88 Å². The number of rotatable bonds is 7. The molecule has 2 nitrogen and oxygen atoms in total. The Morgan fingerprint density at radius 2 is 2.05 bits per heavy atom. The van der Waals surface area contributed by atoms with Crippen LogP contribution in [0, 0.1) is 5.82 Å². The predicted molar refractivity (Wildman–Crippen MR) is 82.7 cm³/mol. The van der Waals surface area contributed by atoms with Crippen LogP contribution in [0.25, 0.3) is 11.0 Å². The molecule has 110 valence electrons. The number of hydrogen-bond donors (Lipinski definition) is 0. The van der Waals surface area contributed by atoms with Crippen molar-refractivity contribution in [1.82, 2.24) is 9.55 Å². The summed E-state index contributed by atoms with van der Waals surface area (Å²) in [6.07, 6.45) is 5.60. The fraction of sp³-hybridized carbons (Fsp3) is 0.562. The van der Waals surface area contributed by atoms with Gasteiger partial charge in [0.1, 0.15) is 11.3 Å². The Morgan fingerprint density at radius 1 is 1.25 bits per heavy atom. The number of unbranched alkanes of at least 4 members (excludes halogenated alkanes) is 1. The molecule has 1 unspecified atom stereocenters. The van der Waals surface area contributed by atoms with Gasteiger partial charge in [0.15, 0.2) is 5.82 Å². The molecule has 1 heterocycles. The van der Waals surface area contributed by atoms with Gasteiger partial charge in [0.25, 0.3) is 0 Å². The molecule has 1 aromatic carbocycles. The third-order valence-electron chi connectivity index (χ3n) is 3.74. The Bertz CT molecular complexity index is 565. The van der Waals surface area contributed by atoms with Gasteiger partial charge in [0.2, 0.25) is 0 Å². The lowest BCUT2D eigenvalue weighted by Gasteiger charge is -2.21. The SMILES string of the molecule is CCCCC(CCC)n1c(CCl)nc2c(F)cccc21. The smallest absolute Gasteiger partial charge is 0.151 e. The zero-order chi connectivity index (χ0) is 14.5. The van der Waals surface area contributed by atoms with E-state index in [-0.39, 0.29) is 5.82 Å². The maximum absolute atomic E-state index is 13.9. The van der Waals surface area contributed by atoms with Crippen molar-refractivity contribution in [3.8, 4) is 0 Å². The van der Waals surface area contributed by atoms with Crippen LogP contribution in [-0.4, -0.2) is 9.55 Å². The minimum Gasteiger partial charge on any atom is -0.324 e. The number of halogens is 2. The Labute approximate surface area is 125 Å². The molecule has 0 spiro atoms. The molecule has 0 N–H and O–H groups in total. The highest BCUT2D eigenvalue weighted by Gasteiger charge is 2.19. The molecule has 4 heteroatoms. The van der Waals surface area contributed by atoms with Gasteiger partial charge in [-0.25, -0.2) is 9.37 Å². The fourth-order valence-electron chi connectivity index (χ4n) is 2.81. The minimum atomic E-state index is -0.265. The fourth-order valence-corrected chi connectivity index (χ4v) is 3.00. The molecule has 0 saturated carbocycles. The quantitative estimate of drug-likeness (QED) is 0.622. The summed E-state index contributed by atoms with van der Waals surface area (Å²) >= 11 is 6.03. The Hall–Kier alpha value is -1.09. The van der Waals surface area contributed by atoms with Crippen LogP contribution in [0.3, 0.4) is 0 Å². The van der Waals surface area contributed by atoms with Crippen LogP contribution >= 0.6 is 11.6 Å². The molecule has 0 aliphatic heterocycles. The zero-order valence-electron chi connectivity index (χ0n) is 12.2. The van der Waals surface area contributed by atoms with Crippen molar-refractivity contribution in [1.29, 1.82) is 0 Å². The summed E-state index contributed by atoms with van der Waals surface area (Å²) in [6, 6.07) is 5.51. The van der Waals surface area contributed by atoms with Crippen LogP contribution < -0.4 is 0 Å². The third-order valence-corrected chi connectivity index (χ3v) is 3.98. The Kier molecular flexibility index (Phi) is 5.41. The van der Waals surface area contributed by atoms with Crippen LogP contribution in [0.5, 0.6) is 0 Å². The summed E-state index contributed by atoms with van der Waals surface area (Å²) in [4.78, 5) is 4.40. The molecular weight excluding hydrogens is 275 g/mol. The van der Waals surface area contributed by atoms with Crippen molar-refractivity contribution in [2.24, 2.45) is 0 Å². The number of benzene rings is 1. The molecule has 2 aromatic rings. The van der Waals surface area contributed by atoms with Crippen molar-refractivity contribution in [3.63, 3.8) is 0 Å². The summed E-state index contributed by atoms with van der Waals surface area (Å²) in [5.74, 6) is 0.833. The second kappa shape index (κ2) is 7.07. The predicted octanol–water partition coefficient (Wildman–Crippen LogP) is 5.45. The van der Waals surface area contributed by atoms with Gasteiger partial charge in [-0.3, -0.25) is 0 Å². The summed E-state index contributed by atoms with van der Waals surface area (Å²) in [5, 5.41) is 0. The van der Waals surface area contributed by atoms with Gasteiger partial charge in [-0.2, -0.15) is 0 Å². The van der Waals surface area contributed by atoms with Crippen molar-refractivity contribution >= 4 is 22.6 Å². The average Bonchev–Trinajstić information content (AvgIpc) is 2.83. The number of aromatic nitrogens is 2. The molecule has 20 heavy (non-hydrogen) atoms. The highest BCUT2D eigenvalue weighted by molar-refractivity contribution is 6.16. The topological polar surface area (TPSA) is 17.8 Å². The van der Waals surface area contributed by atoms with Crippen molar-refractivity contribution in [2.45, 2.75) is 57.9 Å². The van der Waals surface area contributed by atoms with Crippen molar-refractivity contribution < 1.29 is 4.39 Å². The summed E-state index contributed by atoms with van der Waals surface area (Å²) in [5.41, 5.74) is 1.32. The normalized spacial score (nSPS) is 13.0. The van der Waals surface area contributed by atoms with Gasteiger partial charge >= 0.3 is 0 Å². The van der Waals surface area contributed by atoms with Crippen LogP contribution in [0.15, 0.2) is 18.2 Å². The maximum atomic E-state index is 13.9. The number of hydrogen-bond acceptors (Lipinski definition) is 1. The van der Waals surface area contributed by atoms with Crippen molar-refractivity contribution in [3.05, 3.63) is 29.8 Å². The number of fused-ring (bicyclic) bond motifs is 1. The summed E-state index contributed by atoms with van der Waals surface area (Å²) < 4.78 is 16.1. The Morgan fingerprint density at radius 3 is 2.70 bits per heavy atom. The van der Waals surface area contributed by atoms with E-state index < -0.39 is 0 Å². The number of imidazole rings is 1. The second-order valence-electron chi connectivity index (χ2n) is 5.22. The first-order valence-electron chi connectivity index (χ1n) is 7.44. The van der Waals surface area contributed by atoms with Crippen LogP contribution in [0.2, 0.25) is 0 Å². The lowest BCUT2D eigenvalue weighted by molar-refractivity contribution is 0.418. The first kappa shape index (κ1) is 15.3. The first-order chi connectivity index (χ1) is 9.72. The van der Waals surface area contributed by atoms with E-state index in [0.29, 0.717) is 17.4 Å². The lowest BCUT2D eigenvalue weighted by Crippen LogP contribution is -2.12. The van der Waals surface area contributed by atoms with E-state index >= 15 is 0 Å². The van der Waals surface area contributed by atoms with E-state index in [1.54, 1.807) is 6.07 Å². The van der Waals surface area contributed by atoms with Gasteiger partial charge in [-0.15, -0.1) is 11.6 Å². The van der Waals surface area contributed by atoms with Gasteiger partial charge in [0.05, 0.1) is 11.4 Å². The van der Waals surface area contributed by atoms with E-state index in [1.807, 2.05) is 6.07 Å². The van der Waals surface area contributed by atoms with Gasteiger partial charge in [0, 0.05) is 6.04 Å². The molecule has 0 aliphatic carbocycles. The average molecular weight is 297 g/mol.